The molecule has 6 N–H and O–H groups in total. The first-order chi connectivity index (χ1) is 12.0. The quantitative estimate of drug-likeness (QED) is 0.194. The summed E-state index contributed by atoms with van der Waals surface area (Å²) >= 11 is 0. The topological polar surface area (TPSA) is 199 Å². The molecule has 0 bridgehead atoms. The van der Waals surface area contributed by atoms with Gasteiger partial charge in [-0.1, -0.05) is 6.07 Å². The number of esters is 1. The van der Waals surface area contributed by atoms with Crippen molar-refractivity contribution in [2.24, 2.45) is 0 Å². The van der Waals surface area contributed by atoms with Crippen molar-refractivity contribution >= 4 is 30.0 Å². The number of carboxylic acids is 3. The van der Waals surface area contributed by atoms with E-state index in [-0.39, 0.29) is 5.56 Å². The third kappa shape index (κ3) is 4.95. The fraction of sp³-hybridized carbons (Fsp3) is 0.200. The normalized spacial score (nSPS) is 14.3. The molecule has 1 aromatic rings. The summed E-state index contributed by atoms with van der Waals surface area (Å²) in [5.74, 6) is -8.41. The minimum Gasteiger partial charge on any atom is -0.504 e. The van der Waals surface area contributed by atoms with Gasteiger partial charge < -0.3 is 35.4 Å². The molecule has 2 unspecified atom stereocenters. The van der Waals surface area contributed by atoms with Crippen LogP contribution >= 0.6 is 0 Å². The number of carbonyl (C=O) groups is 4. The largest absolute Gasteiger partial charge is 0.504 e. The molecule has 0 aliphatic carbocycles. The Bertz CT molecular complexity index is 767. The van der Waals surface area contributed by atoms with Gasteiger partial charge in [-0.2, -0.15) is 0 Å². The molecule has 0 aromatic heterocycles. The molecule has 0 fully saturated rings. The monoisotopic (exact) mass is 370 g/mol. The standard InChI is InChI=1S/C15H14O11/c16-8-3-1-7(5-9(8)17)2-4-11(20)26-12(13(21)22)15(25,14(23)24)6-10(18)19/h1-5,12,16-17,25H,6H2,(H,18,19)(H,21,22)(H,23,24). The zero-order valence-corrected chi connectivity index (χ0v) is 12.9. The summed E-state index contributed by atoms with van der Waals surface area (Å²) in [6.45, 7) is 0. The van der Waals surface area contributed by atoms with E-state index < -0.39 is 53.5 Å². The third-order valence-electron chi connectivity index (χ3n) is 3.09. The zero-order valence-electron chi connectivity index (χ0n) is 12.9. The Balaban J connectivity index is 3.01. The van der Waals surface area contributed by atoms with Gasteiger partial charge in [0.1, 0.15) is 0 Å². The van der Waals surface area contributed by atoms with E-state index in [1.54, 1.807) is 0 Å². The molecule has 0 spiro atoms. The number of carbonyl (C=O) groups excluding carboxylic acids is 1. The van der Waals surface area contributed by atoms with Gasteiger partial charge in [0.15, 0.2) is 11.5 Å². The van der Waals surface area contributed by atoms with Crippen LogP contribution in [-0.2, 0) is 23.9 Å². The summed E-state index contributed by atoms with van der Waals surface area (Å²) in [4.78, 5) is 44.6. The smallest absolute Gasteiger partial charge is 0.348 e. The van der Waals surface area contributed by atoms with Crippen LogP contribution in [0.1, 0.15) is 12.0 Å². The predicted octanol–water partition coefficient (Wildman–Crippen LogP) is -0.602. The lowest BCUT2D eigenvalue weighted by Gasteiger charge is -2.27. The Labute approximate surface area is 145 Å². The van der Waals surface area contributed by atoms with Gasteiger partial charge in [-0.25, -0.2) is 14.4 Å². The second-order valence-corrected chi connectivity index (χ2v) is 5.04. The van der Waals surface area contributed by atoms with E-state index in [2.05, 4.69) is 4.74 Å². The Morgan fingerprint density at radius 3 is 2.15 bits per heavy atom. The van der Waals surface area contributed by atoms with E-state index in [0.717, 1.165) is 18.2 Å². The van der Waals surface area contributed by atoms with Gasteiger partial charge in [0, 0.05) is 6.08 Å². The molecular weight excluding hydrogens is 356 g/mol. The Morgan fingerprint density at radius 2 is 1.69 bits per heavy atom. The third-order valence-corrected chi connectivity index (χ3v) is 3.09. The lowest BCUT2D eigenvalue weighted by molar-refractivity contribution is -0.195. The van der Waals surface area contributed by atoms with Crippen molar-refractivity contribution in [3.8, 4) is 11.5 Å². The van der Waals surface area contributed by atoms with Crippen LogP contribution in [0, 0.1) is 0 Å². The van der Waals surface area contributed by atoms with E-state index in [4.69, 9.17) is 20.4 Å². The first-order valence-corrected chi connectivity index (χ1v) is 6.78. The van der Waals surface area contributed by atoms with Gasteiger partial charge >= 0.3 is 23.9 Å². The van der Waals surface area contributed by atoms with Crippen LogP contribution in [0.3, 0.4) is 0 Å². The predicted molar refractivity (Wildman–Crippen MR) is 81.2 cm³/mol. The first-order valence-electron chi connectivity index (χ1n) is 6.78. The van der Waals surface area contributed by atoms with Gasteiger partial charge in [0.25, 0.3) is 0 Å². The van der Waals surface area contributed by atoms with Crippen LogP contribution in [0.25, 0.3) is 6.08 Å². The Hall–Kier alpha value is -3.60. The van der Waals surface area contributed by atoms with E-state index in [9.17, 15) is 29.4 Å². The number of rotatable bonds is 8. The summed E-state index contributed by atoms with van der Waals surface area (Å²) < 4.78 is 4.38. The molecule has 0 heterocycles. The molecule has 11 heteroatoms. The molecule has 2 atom stereocenters. The molecule has 0 aliphatic rings. The van der Waals surface area contributed by atoms with Crippen LogP contribution in [0.15, 0.2) is 24.3 Å². The van der Waals surface area contributed by atoms with Gasteiger partial charge in [-0.15, -0.1) is 0 Å². The molecule has 1 rings (SSSR count). The maximum atomic E-state index is 11.7. The number of hydrogen-bond donors (Lipinski definition) is 6. The molecule has 0 amide bonds. The Morgan fingerprint density at radius 1 is 1.08 bits per heavy atom. The van der Waals surface area contributed by atoms with Gasteiger partial charge in [0.2, 0.25) is 11.7 Å². The summed E-state index contributed by atoms with van der Waals surface area (Å²) in [6, 6.07) is 3.45. The number of hydrogen-bond acceptors (Lipinski definition) is 8. The fourth-order valence-corrected chi connectivity index (χ4v) is 1.83. The first kappa shape index (κ1) is 20.4. The highest BCUT2D eigenvalue weighted by Crippen LogP contribution is 2.25. The van der Waals surface area contributed by atoms with Crippen molar-refractivity contribution in [1.82, 2.24) is 0 Å². The molecule has 0 aliphatic heterocycles. The maximum Gasteiger partial charge on any atom is 0.348 e. The summed E-state index contributed by atoms with van der Waals surface area (Å²) in [7, 11) is 0. The molecule has 0 saturated heterocycles. The number of ether oxygens (including phenoxy) is 1. The van der Waals surface area contributed by atoms with E-state index in [1.807, 2.05) is 0 Å². The molecular formula is C15H14O11. The molecule has 140 valence electrons. The van der Waals surface area contributed by atoms with Crippen LogP contribution in [-0.4, -0.2) is 66.2 Å². The fourth-order valence-electron chi connectivity index (χ4n) is 1.83. The minimum absolute atomic E-state index is 0.197. The van der Waals surface area contributed by atoms with Crippen LogP contribution in [0.4, 0.5) is 0 Å². The summed E-state index contributed by atoms with van der Waals surface area (Å²) in [6.07, 6.45) is -2.52. The molecule has 11 nitrogen and oxygen atoms in total. The number of benzene rings is 1. The minimum atomic E-state index is -3.39. The zero-order chi connectivity index (χ0) is 20.1. The highest BCUT2D eigenvalue weighted by atomic mass is 16.6. The number of carboxylic acid groups (broad SMARTS) is 3. The second kappa shape index (κ2) is 7.98. The van der Waals surface area contributed by atoms with E-state index >= 15 is 0 Å². The number of aliphatic hydroxyl groups is 1. The van der Waals surface area contributed by atoms with Crippen molar-refractivity contribution in [2.75, 3.05) is 0 Å². The maximum absolute atomic E-state index is 11.7. The van der Waals surface area contributed by atoms with E-state index in [0.29, 0.717) is 6.08 Å². The second-order valence-electron chi connectivity index (χ2n) is 5.04. The number of phenols is 2. The summed E-state index contributed by atoms with van der Waals surface area (Å²) in [5.41, 5.74) is -3.19. The SMILES string of the molecule is O=C(O)CC(O)(C(=O)O)C(OC(=O)C=Cc1ccc(O)c(O)c1)C(=O)O. The summed E-state index contributed by atoms with van der Waals surface area (Å²) in [5, 5.41) is 54.9. The average molecular weight is 370 g/mol. The lowest BCUT2D eigenvalue weighted by Crippen LogP contribution is -2.56. The van der Waals surface area contributed by atoms with Crippen LogP contribution < -0.4 is 0 Å². The van der Waals surface area contributed by atoms with Gasteiger partial charge in [0.05, 0.1) is 6.42 Å². The molecule has 26 heavy (non-hydrogen) atoms. The van der Waals surface area contributed by atoms with Crippen molar-refractivity contribution in [3.05, 3.63) is 29.8 Å². The van der Waals surface area contributed by atoms with Crippen LogP contribution in [0.5, 0.6) is 11.5 Å². The van der Waals surface area contributed by atoms with Crippen molar-refractivity contribution in [2.45, 2.75) is 18.1 Å². The van der Waals surface area contributed by atoms with Crippen LogP contribution in [0.2, 0.25) is 0 Å². The lowest BCUT2D eigenvalue weighted by atomic mass is 9.92. The van der Waals surface area contributed by atoms with Crippen molar-refractivity contribution in [1.29, 1.82) is 0 Å². The molecule has 0 radical (unpaired) electrons. The molecule has 1 aromatic carbocycles. The van der Waals surface area contributed by atoms with Crippen molar-refractivity contribution < 1.29 is 54.6 Å². The Kier molecular flexibility index (Phi) is 6.28. The van der Waals surface area contributed by atoms with Gasteiger partial charge in [-0.05, 0) is 23.8 Å². The number of aliphatic carboxylic acids is 3. The average Bonchev–Trinajstić information content (AvgIpc) is 2.52. The van der Waals surface area contributed by atoms with E-state index in [1.165, 1.54) is 6.07 Å². The van der Waals surface area contributed by atoms with Gasteiger partial charge in [-0.3, -0.25) is 4.79 Å². The van der Waals surface area contributed by atoms with Crippen molar-refractivity contribution in [3.63, 3.8) is 0 Å². The highest BCUT2D eigenvalue weighted by Gasteiger charge is 2.52. The molecule has 0 saturated carbocycles. The highest BCUT2D eigenvalue weighted by molar-refractivity contribution is 5.94. The number of phenolic OH excluding ortho intramolecular Hbond substituents is 2. The number of aromatic hydroxyl groups is 2.